The van der Waals surface area contributed by atoms with Gasteiger partial charge < -0.3 is 0 Å². The minimum atomic E-state index is -0.406. The zero-order valence-electron chi connectivity index (χ0n) is 10.4. The average molecular weight is 342 g/mol. The number of halogens is 4. The van der Waals surface area contributed by atoms with E-state index in [0.717, 1.165) is 0 Å². The number of ketones is 2. The summed E-state index contributed by atoms with van der Waals surface area (Å²) >= 11 is 23.5. The maximum absolute atomic E-state index is 12.0. The van der Waals surface area contributed by atoms with Crippen LogP contribution in [0.3, 0.4) is 0 Å². The Hall–Kier alpha value is -0.280. The van der Waals surface area contributed by atoms with Crippen molar-refractivity contribution in [3.05, 3.63) is 31.7 Å². The number of hydrogen-bond donors (Lipinski definition) is 0. The number of benzene rings is 1. The molecule has 0 radical (unpaired) electrons. The third kappa shape index (κ3) is 4.35. The molecular formula is C13H12Cl4O2. The first kappa shape index (κ1) is 16.8. The summed E-state index contributed by atoms with van der Waals surface area (Å²) in [5.74, 6) is -0.345. The Kier molecular flexibility index (Phi) is 6.13. The van der Waals surface area contributed by atoms with Crippen LogP contribution in [0.15, 0.2) is 6.07 Å². The minimum Gasteiger partial charge on any atom is -0.299 e. The van der Waals surface area contributed by atoms with Gasteiger partial charge in [-0.3, -0.25) is 9.59 Å². The van der Waals surface area contributed by atoms with Crippen molar-refractivity contribution in [2.45, 2.75) is 26.7 Å². The lowest BCUT2D eigenvalue weighted by molar-refractivity contribution is -0.118. The average Bonchev–Trinajstić information content (AvgIpc) is 2.29. The van der Waals surface area contributed by atoms with Crippen molar-refractivity contribution in [1.82, 2.24) is 0 Å². The molecular weight excluding hydrogens is 330 g/mol. The summed E-state index contributed by atoms with van der Waals surface area (Å²) in [7, 11) is 0. The van der Waals surface area contributed by atoms with E-state index in [1.54, 1.807) is 0 Å². The van der Waals surface area contributed by atoms with Gasteiger partial charge in [-0.05, 0) is 12.0 Å². The lowest BCUT2D eigenvalue weighted by Crippen LogP contribution is -2.11. The minimum absolute atomic E-state index is 0.0236. The van der Waals surface area contributed by atoms with Crippen molar-refractivity contribution in [2.24, 2.45) is 5.92 Å². The Morgan fingerprint density at radius 3 is 2.16 bits per heavy atom. The summed E-state index contributed by atoms with van der Waals surface area (Å²) in [5.41, 5.74) is 0.123. The highest BCUT2D eigenvalue weighted by Gasteiger charge is 2.20. The van der Waals surface area contributed by atoms with E-state index >= 15 is 0 Å². The molecule has 0 bridgehead atoms. The first-order valence-electron chi connectivity index (χ1n) is 5.62. The van der Waals surface area contributed by atoms with Crippen LogP contribution < -0.4 is 0 Å². The first-order chi connectivity index (χ1) is 8.73. The van der Waals surface area contributed by atoms with E-state index in [2.05, 4.69) is 0 Å². The second kappa shape index (κ2) is 6.94. The summed E-state index contributed by atoms with van der Waals surface area (Å²) in [6.07, 6.45) is 0.130. The van der Waals surface area contributed by atoms with E-state index in [1.165, 1.54) is 6.07 Å². The molecule has 0 spiro atoms. The molecule has 1 rings (SSSR count). The number of carbonyl (C=O) groups is 2. The first-order valence-corrected chi connectivity index (χ1v) is 7.13. The molecule has 0 aliphatic carbocycles. The molecule has 0 aliphatic heterocycles. The number of carbonyl (C=O) groups excluding carboxylic acids is 2. The standard InChI is InChI=1S/C13H12Cl4O2/c1-6(2)3-7(18)4-10(19)8-5-9(14)12(16)13(17)11(8)15/h5-6H,3-4H2,1-2H3. The third-order valence-electron chi connectivity index (χ3n) is 2.40. The molecule has 6 heteroatoms. The highest BCUT2D eigenvalue weighted by Crippen LogP contribution is 2.38. The van der Waals surface area contributed by atoms with Crippen molar-refractivity contribution >= 4 is 58.0 Å². The maximum Gasteiger partial charge on any atom is 0.171 e. The molecule has 0 saturated heterocycles. The lowest BCUT2D eigenvalue weighted by atomic mass is 10.00. The highest BCUT2D eigenvalue weighted by atomic mass is 35.5. The van der Waals surface area contributed by atoms with Crippen molar-refractivity contribution in [3.8, 4) is 0 Å². The van der Waals surface area contributed by atoms with Crippen LogP contribution in [0, 0.1) is 5.92 Å². The van der Waals surface area contributed by atoms with Gasteiger partial charge in [0.25, 0.3) is 0 Å². The van der Waals surface area contributed by atoms with E-state index < -0.39 is 5.78 Å². The van der Waals surface area contributed by atoms with Crippen LogP contribution >= 0.6 is 46.4 Å². The van der Waals surface area contributed by atoms with E-state index in [0.29, 0.717) is 6.42 Å². The van der Waals surface area contributed by atoms with Gasteiger partial charge in [-0.1, -0.05) is 60.3 Å². The predicted octanol–water partition coefficient (Wildman–Crippen LogP) is 5.49. The fraction of sp³-hybridized carbons (Fsp3) is 0.385. The second-order valence-corrected chi connectivity index (χ2v) is 6.13. The van der Waals surface area contributed by atoms with Gasteiger partial charge in [0.05, 0.1) is 26.5 Å². The quantitative estimate of drug-likeness (QED) is 0.307. The molecule has 0 aromatic heterocycles. The fourth-order valence-corrected chi connectivity index (χ4v) is 2.49. The molecule has 2 nitrogen and oxygen atoms in total. The molecule has 0 aliphatic rings. The van der Waals surface area contributed by atoms with Crippen LogP contribution in [0.25, 0.3) is 0 Å². The Morgan fingerprint density at radius 2 is 1.63 bits per heavy atom. The molecule has 0 saturated carbocycles. The summed E-state index contributed by atoms with van der Waals surface area (Å²) in [6, 6.07) is 1.34. The van der Waals surface area contributed by atoms with E-state index in [9.17, 15) is 9.59 Å². The van der Waals surface area contributed by atoms with Gasteiger partial charge in [0.2, 0.25) is 0 Å². The summed E-state index contributed by atoms with van der Waals surface area (Å²) in [4.78, 5) is 23.6. The Labute approximate surface area is 132 Å². The monoisotopic (exact) mass is 340 g/mol. The van der Waals surface area contributed by atoms with Gasteiger partial charge in [-0.2, -0.15) is 0 Å². The molecule has 0 fully saturated rings. The van der Waals surface area contributed by atoms with Gasteiger partial charge in [0, 0.05) is 12.0 Å². The number of hydrogen-bond acceptors (Lipinski definition) is 2. The van der Waals surface area contributed by atoms with Crippen LogP contribution in [0.2, 0.25) is 20.1 Å². The van der Waals surface area contributed by atoms with E-state index in [1.807, 2.05) is 13.8 Å². The molecule has 104 valence electrons. The molecule has 1 aromatic rings. The topological polar surface area (TPSA) is 34.1 Å². The van der Waals surface area contributed by atoms with Crippen molar-refractivity contribution < 1.29 is 9.59 Å². The van der Waals surface area contributed by atoms with Crippen LogP contribution in [0.1, 0.15) is 37.0 Å². The molecule has 0 heterocycles. The number of Topliss-reactive ketones (excluding diaryl/α,β-unsaturated/α-hetero) is 2. The van der Waals surface area contributed by atoms with Gasteiger partial charge in [0.15, 0.2) is 5.78 Å². The van der Waals surface area contributed by atoms with Crippen LogP contribution in [0.5, 0.6) is 0 Å². The Morgan fingerprint density at radius 1 is 1.05 bits per heavy atom. The summed E-state index contributed by atoms with van der Waals surface area (Å²) in [6.45, 7) is 3.82. The molecule has 0 N–H and O–H groups in total. The van der Waals surface area contributed by atoms with Gasteiger partial charge in [-0.15, -0.1) is 0 Å². The maximum atomic E-state index is 12.0. The van der Waals surface area contributed by atoms with Gasteiger partial charge in [-0.25, -0.2) is 0 Å². The fourth-order valence-electron chi connectivity index (χ4n) is 1.58. The lowest BCUT2D eigenvalue weighted by Gasteiger charge is -2.08. The highest BCUT2D eigenvalue weighted by molar-refractivity contribution is 6.52. The molecule has 1 aromatic carbocycles. The normalized spacial score (nSPS) is 10.9. The molecule has 0 unspecified atom stereocenters. The molecule has 0 amide bonds. The Balaban J connectivity index is 2.98. The summed E-state index contributed by atoms with van der Waals surface area (Å²) < 4.78 is 0. The van der Waals surface area contributed by atoms with Gasteiger partial charge in [0.1, 0.15) is 5.78 Å². The Bertz CT molecular complexity index is 524. The number of rotatable bonds is 5. The van der Waals surface area contributed by atoms with E-state index in [4.69, 9.17) is 46.4 Å². The van der Waals surface area contributed by atoms with E-state index in [-0.39, 0.29) is 43.8 Å². The largest absolute Gasteiger partial charge is 0.299 e. The predicted molar refractivity (Wildman–Crippen MR) is 79.9 cm³/mol. The SMILES string of the molecule is CC(C)CC(=O)CC(=O)c1cc(Cl)c(Cl)c(Cl)c1Cl. The molecule has 0 atom stereocenters. The van der Waals surface area contributed by atoms with Crippen molar-refractivity contribution in [1.29, 1.82) is 0 Å². The zero-order chi connectivity index (χ0) is 14.7. The zero-order valence-corrected chi connectivity index (χ0v) is 13.4. The van der Waals surface area contributed by atoms with Crippen LogP contribution in [-0.2, 0) is 4.79 Å². The second-order valence-electron chi connectivity index (χ2n) is 4.58. The third-order valence-corrected chi connectivity index (χ3v) is 4.15. The van der Waals surface area contributed by atoms with Gasteiger partial charge >= 0.3 is 0 Å². The van der Waals surface area contributed by atoms with Crippen LogP contribution in [-0.4, -0.2) is 11.6 Å². The molecule has 19 heavy (non-hydrogen) atoms. The van der Waals surface area contributed by atoms with Crippen LogP contribution in [0.4, 0.5) is 0 Å². The van der Waals surface area contributed by atoms with Crippen molar-refractivity contribution in [2.75, 3.05) is 0 Å². The summed E-state index contributed by atoms with van der Waals surface area (Å²) in [5, 5.41) is 0.281. The smallest absolute Gasteiger partial charge is 0.171 e. The van der Waals surface area contributed by atoms with Crippen molar-refractivity contribution in [3.63, 3.8) is 0 Å².